The first-order valence-corrected chi connectivity index (χ1v) is 10.1. The highest BCUT2D eigenvalue weighted by Crippen LogP contribution is 2.30. The molecule has 4 rings (SSSR count). The van der Waals surface area contributed by atoms with Gasteiger partial charge in [0.25, 0.3) is 15.9 Å². The standard InChI is InChI=1S/C19H18FN3O3S/c20-15-8-2-1-7-14(15)19(24)23-11-5-6-13(12-23)18-21-16-9-3-4-10-17(16)27(25,26)22-18/h1-4,7-10,13H,5-6,11-12H2,(H,21,22)/t13-/m1/s1. The third-order valence-corrected chi connectivity index (χ3v) is 6.19. The lowest BCUT2D eigenvalue weighted by atomic mass is 9.95. The molecule has 0 bridgehead atoms. The van der Waals surface area contributed by atoms with Gasteiger partial charge in [0.2, 0.25) is 0 Å². The van der Waals surface area contributed by atoms with E-state index in [1.807, 2.05) is 0 Å². The molecule has 2 aromatic carbocycles. The Kier molecular flexibility index (Phi) is 4.43. The molecule has 1 amide bonds. The number of nitrogens with one attached hydrogen (secondary N) is 1. The van der Waals surface area contributed by atoms with Gasteiger partial charge in [0.1, 0.15) is 16.5 Å². The summed E-state index contributed by atoms with van der Waals surface area (Å²) in [5.41, 5.74) is 0.509. The number of halogens is 1. The molecule has 0 aliphatic carbocycles. The average molecular weight is 387 g/mol. The summed E-state index contributed by atoms with van der Waals surface area (Å²) in [4.78, 5) is 14.4. The average Bonchev–Trinajstić information content (AvgIpc) is 2.67. The minimum absolute atomic E-state index is 0.0228. The monoisotopic (exact) mass is 387 g/mol. The molecule has 8 heteroatoms. The van der Waals surface area contributed by atoms with Gasteiger partial charge >= 0.3 is 0 Å². The number of amides is 1. The molecule has 1 saturated heterocycles. The van der Waals surface area contributed by atoms with Crippen molar-refractivity contribution in [2.45, 2.75) is 17.7 Å². The maximum atomic E-state index is 14.0. The predicted octanol–water partition coefficient (Wildman–Crippen LogP) is 2.89. The van der Waals surface area contributed by atoms with Crippen molar-refractivity contribution in [2.75, 3.05) is 18.4 Å². The van der Waals surface area contributed by atoms with Crippen molar-refractivity contribution in [3.05, 3.63) is 59.9 Å². The summed E-state index contributed by atoms with van der Waals surface area (Å²) in [7, 11) is -3.78. The maximum absolute atomic E-state index is 14.0. The highest BCUT2D eigenvalue weighted by atomic mass is 32.2. The second kappa shape index (κ2) is 6.77. The number of hydrogen-bond donors (Lipinski definition) is 1. The molecule has 2 aromatic rings. The molecule has 0 unspecified atom stereocenters. The maximum Gasteiger partial charge on any atom is 0.286 e. The van der Waals surface area contributed by atoms with Crippen molar-refractivity contribution in [3.8, 4) is 0 Å². The zero-order valence-electron chi connectivity index (χ0n) is 14.4. The van der Waals surface area contributed by atoms with Crippen LogP contribution in [0.15, 0.2) is 57.8 Å². The molecule has 0 aromatic heterocycles. The van der Waals surface area contributed by atoms with Gasteiger partial charge < -0.3 is 10.2 Å². The fourth-order valence-electron chi connectivity index (χ4n) is 3.50. The fraction of sp³-hybridized carbons (Fsp3) is 0.263. The molecule has 6 nitrogen and oxygen atoms in total. The van der Waals surface area contributed by atoms with Crippen molar-refractivity contribution < 1.29 is 17.6 Å². The number of carbonyl (C=O) groups excluding carboxylic acids is 1. The number of piperidine rings is 1. The number of para-hydroxylation sites is 1. The van der Waals surface area contributed by atoms with Crippen LogP contribution in [0.1, 0.15) is 23.2 Å². The minimum atomic E-state index is -3.78. The molecular weight excluding hydrogens is 369 g/mol. The first-order chi connectivity index (χ1) is 13.0. The number of likely N-dealkylation sites (tertiary alicyclic amines) is 1. The lowest BCUT2D eigenvalue weighted by Crippen LogP contribution is -2.44. The Balaban J connectivity index is 1.58. The SMILES string of the molecule is O=C(c1ccccc1F)N1CCC[C@@H](C2=NS(=O)(=O)c3ccccc3N2)C1. The van der Waals surface area contributed by atoms with Crippen LogP contribution in [0.4, 0.5) is 10.1 Å². The van der Waals surface area contributed by atoms with Gasteiger partial charge in [-0.3, -0.25) is 4.79 Å². The lowest BCUT2D eigenvalue weighted by Gasteiger charge is -2.34. The van der Waals surface area contributed by atoms with Crippen molar-refractivity contribution in [2.24, 2.45) is 10.3 Å². The molecule has 140 valence electrons. The molecule has 27 heavy (non-hydrogen) atoms. The molecule has 1 N–H and O–H groups in total. The number of sulfonamides is 1. The topological polar surface area (TPSA) is 78.8 Å². The summed E-state index contributed by atoms with van der Waals surface area (Å²) >= 11 is 0. The Morgan fingerprint density at radius 3 is 2.70 bits per heavy atom. The summed E-state index contributed by atoms with van der Waals surface area (Å²) < 4.78 is 42.8. The molecule has 1 atom stereocenters. The minimum Gasteiger partial charge on any atom is -0.342 e. The van der Waals surface area contributed by atoms with E-state index in [1.54, 1.807) is 29.2 Å². The van der Waals surface area contributed by atoms with E-state index in [2.05, 4.69) is 9.71 Å². The van der Waals surface area contributed by atoms with Crippen molar-refractivity contribution in [1.82, 2.24) is 4.90 Å². The van der Waals surface area contributed by atoms with E-state index in [9.17, 15) is 17.6 Å². The highest BCUT2D eigenvalue weighted by molar-refractivity contribution is 7.90. The Bertz CT molecular complexity index is 1040. The largest absolute Gasteiger partial charge is 0.342 e. The molecule has 1 fully saturated rings. The predicted molar refractivity (Wildman–Crippen MR) is 99.7 cm³/mol. The van der Waals surface area contributed by atoms with E-state index in [1.165, 1.54) is 24.3 Å². The van der Waals surface area contributed by atoms with Crippen LogP contribution < -0.4 is 5.32 Å². The smallest absolute Gasteiger partial charge is 0.286 e. The van der Waals surface area contributed by atoms with Crippen LogP contribution in [0, 0.1) is 11.7 Å². The summed E-state index contributed by atoms with van der Waals surface area (Å²) in [5, 5.41) is 3.09. The first kappa shape index (κ1) is 17.7. The van der Waals surface area contributed by atoms with Crippen LogP contribution >= 0.6 is 0 Å². The summed E-state index contributed by atoms with van der Waals surface area (Å²) in [6.07, 6.45) is 1.39. The molecule has 2 aliphatic heterocycles. The molecule has 2 heterocycles. The van der Waals surface area contributed by atoms with Gasteiger partial charge in [-0.1, -0.05) is 24.3 Å². The number of nitrogens with zero attached hydrogens (tertiary/aromatic N) is 2. The van der Waals surface area contributed by atoms with Crippen LogP contribution in [0.25, 0.3) is 0 Å². The van der Waals surface area contributed by atoms with E-state index < -0.39 is 21.7 Å². The Hall–Kier alpha value is -2.74. The number of amidine groups is 1. The third kappa shape index (κ3) is 3.32. The number of hydrogen-bond acceptors (Lipinski definition) is 4. The zero-order valence-corrected chi connectivity index (χ0v) is 15.2. The van der Waals surface area contributed by atoms with Gasteiger partial charge in [0, 0.05) is 19.0 Å². The van der Waals surface area contributed by atoms with Crippen molar-refractivity contribution in [3.63, 3.8) is 0 Å². The van der Waals surface area contributed by atoms with Crippen LogP contribution in [0.2, 0.25) is 0 Å². The summed E-state index contributed by atoms with van der Waals surface area (Å²) in [6, 6.07) is 12.5. The Labute approximate surface area is 156 Å². The zero-order chi connectivity index (χ0) is 19.0. The summed E-state index contributed by atoms with van der Waals surface area (Å²) in [5.74, 6) is -0.871. The molecule has 0 spiro atoms. The van der Waals surface area contributed by atoms with Crippen LogP contribution in [-0.4, -0.2) is 38.2 Å². The van der Waals surface area contributed by atoms with E-state index in [0.717, 1.165) is 0 Å². The number of carbonyl (C=O) groups is 1. The van der Waals surface area contributed by atoms with Gasteiger partial charge in [-0.15, -0.1) is 4.40 Å². The number of anilines is 1. The fourth-order valence-corrected chi connectivity index (χ4v) is 4.70. The lowest BCUT2D eigenvalue weighted by molar-refractivity contribution is 0.0698. The molecule has 0 saturated carbocycles. The number of fused-ring (bicyclic) bond motifs is 1. The summed E-state index contributed by atoms with van der Waals surface area (Å²) in [6.45, 7) is 0.789. The van der Waals surface area contributed by atoms with Gasteiger partial charge in [0.05, 0.1) is 11.3 Å². The van der Waals surface area contributed by atoms with Crippen LogP contribution in [-0.2, 0) is 10.0 Å². The third-order valence-electron chi connectivity index (χ3n) is 4.85. The van der Waals surface area contributed by atoms with Crippen molar-refractivity contribution in [1.29, 1.82) is 0 Å². The van der Waals surface area contributed by atoms with E-state index in [4.69, 9.17) is 0 Å². The van der Waals surface area contributed by atoms with Crippen LogP contribution in [0.3, 0.4) is 0 Å². The van der Waals surface area contributed by atoms with E-state index >= 15 is 0 Å². The number of benzene rings is 2. The van der Waals surface area contributed by atoms with Gasteiger partial charge in [-0.05, 0) is 37.1 Å². The quantitative estimate of drug-likeness (QED) is 0.859. The van der Waals surface area contributed by atoms with Gasteiger partial charge in [-0.2, -0.15) is 8.42 Å². The van der Waals surface area contributed by atoms with E-state index in [-0.39, 0.29) is 22.9 Å². The second-order valence-electron chi connectivity index (χ2n) is 6.64. The van der Waals surface area contributed by atoms with Crippen LogP contribution in [0.5, 0.6) is 0 Å². The first-order valence-electron chi connectivity index (χ1n) is 8.70. The Morgan fingerprint density at radius 1 is 1.15 bits per heavy atom. The molecule has 0 radical (unpaired) electrons. The molecular formula is C19H18FN3O3S. The highest BCUT2D eigenvalue weighted by Gasteiger charge is 2.33. The normalized spacial score (nSPS) is 21.0. The molecule has 2 aliphatic rings. The second-order valence-corrected chi connectivity index (χ2v) is 8.22. The van der Waals surface area contributed by atoms with Gasteiger partial charge in [0.15, 0.2) is 0 Å². The van der Waals surface area contributed by atoms with Gasteiger partial charge in [-0.25, -0.2) is 4.39 Å². The number of rotatable bonds is 2. The van der Waals surface area contributed by atoms with E-state index in [0.29, 0.717) is 30.9 Å². The van der Waals surface area contributed by atoms with Crippen molar-refractivity contribution >= 4 is 27.5 Å². The Morgan fingerprint density at radius 2 is 1.89 bits per heavy atom.